The molecule has 0 radical (unpaired) electrons. The van der Waals surface area contributed by atoms with Crippen molar-refractivity contribution in [2.45, 2.75) is 51.7 Å². The zero-order valence-corrected chi connectivity index (χ0v) is 17.7. The summed E-state index contributed by atoms with van der Waals surface area (Å²) < 4.78 is 5.78. The Bertz CT molecular complexity index is 982. The summed E-state index contributed by atoms with van der Waals surface area (Å²) in [4.78, 5) is 26.8. The fourth-order valence-corrected chi connectivity index (χ4v) is 4.41. The highest BCUT2D eigenvalue weighted by molar-refractivity contribution is 6.07. The molecule has 1 aliphatic carbocycles. The van der Waals surface area contributed by atoms with Gasteiger partial charge >= 0.3 is 6.03 Å². The van der Waals surface area contributed by atoms with E-state index in [1.54, 1.807) is 6.92 Å². The van der Waals surface area contributed by atoms with E-state index >= 15 is 0 Å². The van der Waals surface area contributed by atoms with Crippen molar-refractivity contribution in [3.63, 3.8) is 0 Å². The smallest absolute Gasteiger partial charge is 0.325 e. The highest BCUT2D eigenvalue weighted by atomic mass is 16.5. The van der Waals surface area contributed by atoms with Gasteiger partial charge in [-0.25, -0.2) is 4.79 Å². The summed E-state index contributed by atoms with van der Waals surface area (Å²) >= 11 is 0. The number of aliphatic hydroxyl groups excluding tert-OH is 1. The number of carbonyl (C=O) groups is 2. The number of imide groups is 1. The standard InChI is InChI=1S/C24H28N2O4/c1-15-6-4-7-16(2)21(15)30-14-20(27)13-26-22(28)24(3,25-23(26)29)19-11-10-17-8-5-9-18(17)12-19/h4,6-7,10-12,20,27H,5,8-9,13-14H2,1-3H3,(H,25,29)/t20-,24+/m1/s1. The number of para-hydroxylation sites is 1. The third-order valence-electron chi connectivity index (χ3n) is 6.17. The van der Waals surface area contributed by atoms with Crippen LogP contribution in [0.1, 0.15) is 41.2 Å². The number of rotatable bonds is 6. The molecule has 2 aliphatic rings. The summed E-state index contributed by atoms with van der Waals surface area (Å²) in [6.07, 6.45) is 2.19. The van der Waals surface area contributed by atoms with Crippen LogP contribution in [0.15, 0.2) is 36.4 Å². The predicted octanol–water partition coefficient (Wildman–Crippen LogP) is 3.00. The zero-order valence-electron chi connectivity index (χ0n) is 17.7. The van der Waals surface area contributed by atoms with Crippen molar-refractivity contribution in [3.8, 4) is 5.75 Å². The quantitative estimate of drug-likeness (QED) is 0.721. The Morgan fingerprint density at radius 1 is 1.13 bits per heavy atom. The Morgan fingerprint density at radius 3 is 2.57 bits per heavy atom. The normalized spacial score (nSPS) is 21.5. The first-order chi connectivity index (χ1) is 14.3. The Balaban J connectivity index is 1.45. The third kappa shape index (κ3) is 3.56. The topological polar surface area (TPSA) is 78.9 Å². The van der Waals surface area contributed by atoms with E-state index in [0.717, 1.165) is 46.6 Å². The summed E-state index contributed by atoms with van der Waals surface area (Å²) in [6, 6.07) is 11.3. The lowest BCUT2D eigenvalue weighted by Gasteiger charge is -2.24. The molecule has 6 heteroatoms. The molecule has 1 heterocycles. The van der Waals surface area contributed by atoms with Gasteiger partial charge in [0, 0.05) is 0 Å². The Morgan fingerprint density at radius 2 is 1.83 bits per heavy atom. The van der Waals surface area contributed by atoms with Crippen LogP contribution in [0.3, 0.4) is 0 Å². The number of nitrogens with one attached hydrogen (secondary N) is 1. The lowest BCUT2D eigenvalue weighted by Crippen LogP contribution is -2.42. The van der Waals surface area contributed by atoms with E-state index in [4.69, 9.17) is 4.74 Å². The van der Waals surface area contributed by atoms with Gasteiger partial charge in [-0.05, 0) is 67.9 Å². The molecular formula is C24H28N2O4. The SMILES string of the molecule is Cc1cccc(C)c1OC[C@H](O)CN1C(=O)N[C@@](C)(c2ccc3c(c2)CCC3)C1=O. The van der Waals surface area contributed by atoms with Crippen LogP contribution in [0, 0.1) is 13.8 Å². The fourth-order valence-electron chi connectivity index (χ4n) is 4.41. The number of β-amino-alcohol motifs (C(OH)–C–C–N with tert-alkyl or cyclic N) is 1. The summed E-state index contributed by atoms with van der Waals surface area (Å²) in [5, 5.41) is 13.3. The molecule has 0 saturated carbocycles. The van der Waals surface area contributed by atoms with Crippen LogP contribution in [-0.2, 0) is 23.2 Å². The number of carbonyl (C=O) groups excluding carboxylic acids is 2. The van der Waals surface area contributed by atoms with E-state index in [-0.39, 0.29) is 19.1 Å². The molecule has 2 aromatic carbocycles. The van der Waals surface area contributed by atoms with Gasteiger partial charge in [-0.2, -0.15) is 0 Å². The molecule has 158 valence electrons. The van der Waals surface area contributed by atoms with E-state index < -0.39 is 17.7 Å². The minimum atomic E-state index is -1.12. The molecule has 0 aromatic heterocycles. The number of hydrogen-bond acceptors (Lipinski definition) is 4. The first-order valence-corrected chi connectivity index (χ1v) is 10.4. The minimum Gasteiger partial charge on any atom is -0.490 e. The Kier molecular flexibility index (Phi) is 5.28. The van der Waals surface area contributed by atoms with Gasteiger partial charge in [0.2, 0.25) is 0 Å². The van der Waals surface area contributed by atoms with E-state index in [9.17, 15) is 14.7 Å². The maximum atomic E-state index is 13.1. The van der Waals surface area contributed by atoms with Crippen molar-refractivity contribution < 1.29 is 19.4 Å². The van der Waals surface area contributed by atoms with Crippen LogP contribution in [0.4, 0.5) is 4.79 Å². The molecule has 1 saturated heterocycles. The van der Waals surface area contributed by atoms with Crippen LogP contribution >= 0.6 is 0 Å². The molecule has 30 heavy (non-hydrogen) atoms. The van der Waals surface area contributed by atoms with E-state index in [0.29, 0.717) is 0 Å². The number of aliphatic hydroxyl groups is 1. The molecule has 0 spiro atoms. The molecule has 2 atom stereocenters. The fraction of sp³-hybridized carbons (Fsp3) is 0.417. The second-order valence-electron chi connectivity index (χ2n) is 8.49. The molecule has 1 fully saturated rings. The van der Waals surface area contributed by atoms with Crippen molar-refractivity contribution in [1.82, 2.24) is 10.2 Å². The molecular weight excluding hydrogens is 380 g/mol. The van der Waals surface area contributed by atoms with Gasteiger partial charge in [0.05, 0.1) is 6.54 Å². The number of amides is 3. The van der Waals surface area contributed by atoms with E-state index in [2.05, 4.69) is 11.4 Å². The number of hydrogen-bond donors (Lipinski definition) is 2. The third-order valence-corrected chi connectivity index (χ3v) is 6.17. The molecule has 6 nitrogen and oxygen atoms in total. The number of urea groups is 1. The largest absolute Gasteiger partial charge is 0.490 e. The Labute approximate surface area is 176 Å². The summed E-state index contributed by atoms with van der Waals surface area (Å²) in [7, 11) is 0. The maximum Gasteiger partial charge on any atom is 0.325 e. The predicted molar refractivity (Wildman–Crippen MR) is 113 cm³/mol. The number of ether oxygens (including phenoxy) is 1. The second kappa shape index (κ2) is 7.76. The summed E-state index contributed by atoms with van der Waals surface area (Å²) in [6.45, 7) is 5.49. The number of benzene rings is 2. The molecule has 0 unspecified atom stereocenters. The average Bonchev–Trinajstić information content (AvgIpc) is 3.26. The van der Waals surface area contributed by atoms with Crippen LogP contribution in [-0.4, -0.2) is 41.2 Å². The molecule has 2 N–H and O–H groups in total. The van der Waals surface area contributed by atoms with Crippen LogP contribution < -0.4 is 10.1 Å². The first kappa shape index (κ1) is 20.4. The minimum absolute atomic E-state index is 0.00167. The van der Waals surface area contributed by atoms with Crippen LogP contribution in [0.2, 0.25) is 0 Å². The molecule has 2 aromatic rings. The van der Waals surface area contributed by atoms with Crippen molar-refractivity contribution in [2.75, 3.05) is 13.2 Å². The summed E-state index contributed by atoms with van der Waals surface area (Å²) in [5.41, 5.74) is 4.17. The lowest BCUT2D eigenvalue weighted by molar-refractivity contribution is -0.132. The molecule has 4 rings (SSSR count). The Hall–Kier alpha value is -2.86. The molecule has 1 aliphatic heterocycles. The van der Waals surface area contributed by atoms with Gasteiger partial charge in [0.15, 0.2) is 0 Å². The number of fused-ring (bicyclic) bond motifs is 1. The average molecular weight is 408 g/mol. The van der Waals surface area contributed by atoms with Crippen molar-refractivity contribution in [1.29, 1.82) is 0 Å². The first-order valence-electron chi connectivity index (χ1n) is 10.4. The highest BCUT2D eigenvalue weighted by Crippen LogP contribution is 2.32. The molecule has 3 amide bonds. The van der Waals surface area contributed by atoms with Crippen molar-refractivity contribution >= 4 is 11.9 Å². The monoisotopic (exact) mass is 408 g/mol. The van der Waals surface area contributed by atoms with Crippen LogP contribution in [0.25, 0.3) is 0 Å². The van der Waals surface area contributed by atoms with Gasteiger partial charge in [-0.3, -0.25) is 9.69 Å². The van der Waals surface area contributed by atoms with E-state index in [1.807, 2.05) is 44.2 Å². The summed E-state index contributed by atoms with van der Waals surface area (Å²) in [5.74, 6) is 0.369. The maximum absolute atomic E-state index is 13.1. The van der Waals surface area contributed by atoms with Gasteiger partial charge in [0.25, 0.3) is 5.91 Å². The molecule has 0 bridgehead atoms. The van der Waals surface area contributed by atoms with Gasteiger partial charge < -0.3 is 15.2 Å². The van der Waals surface area contributed by atoms with Gasteiger partial charge in [0.1, 0.15) is 24.0 Å². The zero-order chi connectivity index (χ0) is 21.5. The number of nitrogens with zero attached hydrogens (tertiary/aromatic N) is 1. The highest BCUT2D eigenvalue weighted by Gasteiger charge is 2.49. The van der Waals surface area contributed by atoms with Crippen molar-refractivity contribution in [2.24, 2.45) is 0 Å². The second-order valence-corrected chi connectivity index (χ2v) is 8.49. The van der Waals surface area contributed by atoms with Crippen LogP contribution in [0.5, 0.6) is 5.75 Å². The lowest BCUT2D eigenvalue weighted by atomic mass is 9.89. The van der Waals surface area contributed by atoms with Gasteiger partial charge in [-0.15, -0.1) is 0 Å². The van der Waals surface area contributed by atoms with Crippen molar-refractivity contribution in [3.05, 3.63) is 64.2 Å². The van der Waals surface area contributed by atoms with Gasteiger partial charge in [-0.1, -0.05) is 36.4 Å². The van der Waals surface area contributed by atoms with E-state index in [1.165, 1.54) is 11.1 Å². The number of aryl methyl sites for hydroxylation is 4.